The van der Waals surface area contributed by atoms with Crippen molar-refractivity contribution in [2.75, 3.05) is 13.2 Å². The van der Waals surface area contributed by atoms with E-state index in [2.05, 4.69) is 55.6 Å². The van der Waals surface area contributed by atoms with Crippen LogP contribution in [0.5, 0.6) is 0 Å². The van der Waals surface area contributed by atoms with Crippen molar-refractivity contribution in [1.82, 2.24) is 5.32 Å². The Kier molecular flexibility index (Phi) is 59.5. The van der Waals surface area contributed by atoms with Gasteiger partial charge in [-0.15, -0.1) is 0 Å². The number of carbonyl (C=O) groups is 2. The highest BCUT2D eigenvalue weighted by Crippen LogP contribution is 2.17. The second-order valence-electron chi connectivity index (χ2n) is 21.7. The minimum absolute atomic E-state index is 0.00323. The highest BCUT2D eigenvalue weighted by molar-refractivity contribution is 5.76. The Balaban J connectivity index is 3.40. The van der Waals surface area contributed by atoms with Crippen molar-refractivity contribution in [3.63, 3.8) is 0 Å². The number of aliphatic hydroxyl groups excluding tert-OH is 2. The number of amides is 1. The molecule has 0 saturated carbocycles. The predicted molar refractivity (Wildman–Crippen MR) is 315 cm³/mol. The lowest BCUT2D eigenvalue weighted by Crippen LogP contribution is -2.45. The van der Waals surface area contributed by atoms with Gasteiger partial charge < -0.3 is 20.3 Å². The minimum Gasteiger partial charge on any atom is -0.466 e. The Labute approximate surface area is 448 Å². The maximum Gasteiger partial charge on any atom is 0.305 e. The lowest BCUT2D eigenvalue weighted by molar-refractivity contribution is -0.143. The largest absolute Gasteiger partial charge is 0.466 e. The van der Waals surface area contributed by atoms with Crippen LogP contribution < -0.4 is 5.32 Å². The molecule has 0 aromatic rings. The quantitative estimate of drug-likeness (QED) is 0.0320. The lowest BCUT2D eigenvalue weighted by Gasteiger charge is -2.20. The minimum atomic E-state index is -0.843. The van der Waals surface area contributed by atoms with Crippen molar-refractivity contribution in [2.24, 2.45) is 0 Å². The van der Waals surface area contributed by atoms with Crippen LogP contribution in [0.3, 0.4) is 0 Å². The van der Waals surface area contributed by atoms with E-state index in [1.165, 1.54) is 257 Å². The number of ether oxygens (including phenoxy) is 1. The van der Waals surface area contributed by atoms with Crippen LogP contribution >= 0.6 is 0 Å². The molecule has 1 amide bonds. The van der Waals surface area contributed by atoms with E-state index >= 15 is 0 Å². The summed E-state index contributed by atoms with van der Waals surface area (Å²) in [5, 5.41) is 23.0. The third-order valence-corrected chi connectivity index (χ3v) is 14.6. The SMILES string of the molecule is CCCCCC/C=C\CCCCCCCC(=O)OCCCCCCCCCCC/C=C\C/C=C\CCCCCCCCCCCCCCCCCC(=O)NC(CO)C(O)/C=C/CCCCCCCCCCC. The zero-order chi connectivity index (χ0) is 52.2. The maximum atomic E-state index is 12.4. The van der Waals surface area contributed by atoms with Crippen molar-refractivity contribution in [3.8, 4) is 0 Å². The molecule has 0 saturated heterocycles. The fourth-order valence-electron chi connectivity index (χ4n) is 9.66. The Morgan fingerprint density at radius 2 is 0.694 bits per heavy atom. The number of esters is 1. The van der Waals surface area contributed by atoms with Gasteiger partial charge in [-0.1, -0.05) is 281 Å². The maximum absolute atomic E-state index is 12.4. The molecular weight excluding hydrogens is 887 g/mol. The molecule has 0 fully saturated rings. The Morgan fingerprint density at radius 3 is 1.08 bits per heavy atom. The van der Waals surface area contributed by atoms with Gasteiger partial charge in [-0.05, 0) is 89.9 Å². The second kappa shape index (κ2) is 61.4. The van der Waals surface area contributed by atoms with Crippen LogP contribution in [0.25, 0.3) is 0 Å². The van der Waals surface area contributed by atoms with Crippen molar-refractivity contribution >= 4 is 11.9 Å². The van der Waals surface area contributed by atoms with Gasteiger partial charge in [0.1, 0.15) is 0 Å². The van der Waals surface area contributed by atoms with Gasteiger partial charge in [0.15, 0.2) is 0 Å². The van der Waals surface area contributed by atoms with E-state index in [9.17, 15) is 19.8 Å². The molecule has 2 atom stereocenters. The molecule has 6 heteroatoms. The molecule has 0 aliphatic carbocycles. The molecule has 3 N–H and O–H groups in total. The van der Waals surface area contributed by atoms with Crippen LogP contribution in [0.1, 0.15) is 335 Å². The Morgan fingerprint density at radius 1 is 0.389 bits per heavy atom. The average molecular weight is 1010 g/mol. The van der Waals surface area contributed by atoms with Gasteiger partial charge in [-0.25, -0.2) is 0 Å². The molecule has 72 heavy (non-hydrogen) atoms. The molecule has 0 aromatic carbocycles. The van der Waals surface area contributed by atoms with Gasteiger partial charge in [0.2, 0.25) is 5.91 Å². The van der Waals surface area contributed by atoms with E-state index in [0.29, 0.717) is 19.4 Å². The molecule has 2 unspecified atom stereocenters. The number of aliphatic hydroxyl groups is 2. The van der Waals surface area contributed by atoms with Crippen LogP contribution in [-0.2, 0) is 14.3 Å². The molecule has 0 radical (unpaired) electrons. The number of nitrogens with one attached hydrogen (secondary N) is 1. The molecule has 0 aliphatic heterocycles. The normalized spacial score (nSPS) is 12.9. The third-order valence-electron chi connectivity index (χ3n) is 14.6. The highest BCUT2D eigenvalue weighted by atomic mass is 16.5. The van der Waals surface area contributed by atoms with Crippen molar-refractivity contribution in [1.29, 1.82) is 0 Å². The summed E-state index contributed by atoms with van der Waals surface area (Å²) >= 11 is 0. The van der Waals surface area contributed by atoms with Gasteiger partial charge >= 0.3 is 5.97 Å². The number of rotatable bonds is 59. The number of hydrogen-bond acceptors (Lipinski definition) is 5. The molecule has 6 nitrogen and oxygen atoms in total. The summed E-state index contributed by atoms with van der Waals surface area (Å²) in [7, 11) is 0. The average Bonchev–Trinajstić information content (AvgIpc) is 3.38. The molecule has 0 aromatic heterocycles. The van der Waals surface area contributed by atoms with E-state index in [-0.39, 0.29) is 18.5 Å². The van der Waals surface area contributed by atoms with E-state index in [0.717, 1.165) is 51.4 Å². The molecule has 0 bridgehead atoms. The summed E-state index contributed by atoms with van der Waals surface area (Å²) < 4.78 is 5.47. The fourth-order valence-corrected chi connectivity index (χ4v) is 9.66. The smallest absolute Gasteiger partial charge is 0.305 e. The highest BCUT2D eigenvalue weighted by Gasteiger charge is 2.18. The standard InChI is InChI=1S/C66H123NO5/c1-3-5-7-9-11-13-15-35-40-44-48-52-56-60-66(71)72-61-57-53-49-45-41-37-34-32-30-28-26-24-22-20-18-16-17-19-21-23-25-27-29-31-33-36-39-43-47-51-55-59-65(70)67-63(62-68)64(69)58-54-50-46-42-38-14-12-10-8-6-4-2/h13,15,18,20,24,26,54,58,63-64,68-69H,3-12,14,16-17,19,21-23,25,27-53,55-57,59-62H2,1-2H3,(H,67,70)/b15-13-,20-18-,26-24-,58-54+. The van der Waals surface area contributed by atoms with Gasteiger partial charge in [0.25, 0.3) is 0 Å². The zero-order valence-corrected chi connectivity index (χ0v) is 48.2. The Bertz CT molecular complexity index is 1210. The molecular formula is C66H123NO5. The third kappa shape index (κ3) is 57.1. The number of carbonyl (C=O) groups excluding carboxylic acids is 2. The van der Waals surface area contributed by atoms with Crippen LogP contribution in [0, 0.1) is 0 Å². The summed E-state index contributed by atoms with van der Waals surface area (Å²) in [5.74, 6) is -0.0651. The van der Waals surface area contributed by atoms with Crippen LogP contribution in [0.15, 0.2) is 48.6 Å². The zero-order valence-electron chi connectivity index (χ0n) is 48.2. The molecule has 0 aliphatic rings. The first-order valence-corrected chi connectivity index (χ1v) is 31.9. The molecule has 0 spiro atoms. The van der Waals surface area contributed by atoms with Crippen molar-refractivity contribution in [2.45, 2.75) is 347 Å². The van der Waals surface area contributed by atoms with E-state index in [1.54, 1.807) is 6.08 Å². The van der Waals surface area contributed by atoms with Crippen LogP contribution in [0.4, 0.5) is 0 Å². The number of allylic oxidation sites excluding steroid dienone is 7. The molecule has 422 valence electrons. The monoisotopic (exact) mass is 1010 g/mol. The first-order valence-electron chi connectivity index (χ1n) is 31.9. The van der Waals surface area contributed by atoms with Gasteiger partial charge in [-0.3, -0.25) is 9.59 Å². The van der Waals surface area contributed by atoms with Gasteiger partial charge in [0, 0.05) is 12.8 Å². The second-order valence-corrected chi connectivity index (χ2v) is 21.7. The van der Waals surface area contributed by atoms with E-state index < -0.39 is 12.1 Å². The van der Waals surface area contributed by atoms with Crippen molar-refractivity contribution < 1.29 is 24.5 Å². The number of hydrogen-bond donors (Lipinski definition) is 3. The fraction of sp³-hybridized carbons (Fsp3) is 0.848. The van der Waals surface area contributed by atoms with Crippen LogP contribution in [-0.4, -0.2) is 47.4 Å². The summed E-state index contributed by atoms with van der Waals surface area (Å²) in [4.78, 5) is 24.4. The van der Waals surface area contributed by atoms with E-state index in [4.69, 9.17) is 4.74 Å². The first kappa shape index (κ1) is 69.8. The first-order chi connectivity index (χ1) is 35.5. The molecule has 0 heterocycles. The summed E-state index contributed by atoms with van der Waals surface area (Å²) in [6, 6.07) is -0.626. The van der Waals surface area contributed by atoms with Crippen LogP contribution in [0.2, 0.25) is 0 Å². The van der Waals surface area contributed by atoms with Gasteiger partial charge in [-0.2, -0.15) is 0 Å². The topological polar surface area (TPSA) is 95.9 Å². The Hall–Kier alpha value is -2.18. The molecule has 0 rings (SSSR count). The van der Waals surface area contributed by atoms with E-state index in [1.807, 2.05) is 6.08 Å². The van der Waals surface area contributed by atoms with Gasteiger partial charge in [0.05, 0.1) is 25.4 Å². The summed E-state index contributed by atoms with van der Waals surface area (Å²) in [5.41, 5.74) is 0. The summed E-state index contributed by atoms with van der Waals surface area (Å²) in [6.07, 6.45) is 78.9. The number of unbranched alkanes of at least 4 members (excludes halogenated alkanes) is 42. The predicted octanol–water partition coefficient (Wildman–Crippen LogP) is 20.1. The lowest BCUT2D eigenvalue weighted by atomic mass is 10.0. The van der Waals surface area contributed by atoms with Crippen molar-refractivity contribution in [3.05, 3.63) is 48.6 Å². The summed E-state index contributed by atoms with van der Waals surface area (Å²) in [6.45, 7) is 4.88.